The van der Waals surface area contributed by atoms with Gasteiger partial charge in [-0.05, 0) is 38.3 Å². The highest BCUT2D eigenvalue weighted by Crippen LogP contribution is 2.43. The number of likely N-dealkylation sites (N-methyl/N-ethyl adjacent to an activating group) is 1. The molecular weight excluding hydrogens is 382 g/mol. The number of alkyl halides is 3. The molecule has 2 heterocycles. The van der Waals surface area contributed by atoms with E-state index in [4.69, 9.17) is 9.47 Å². The van der Waals surface area contributed by atoms with Crippen LogP contribution in [0.25, 0.3) is 0 Å². The maximum absolute atomic E-state index is 14.4. The number of aromatic nitrogens is 1. The lowest BCUT2D eigenvalue weighted by molar-refractivity contribution is -0.210. The van der Waals surface area contributed by atoms with Gasteiger partial charge in [-0.3, -0.25) is 4.79 Å². The Balaban J connectivity index is 1.65. The van der Waals surface area contributed by atoms with E-state index in [1.54, 1.807) is 7.05 Å². The molecule has 2 fully saturated rings. The summed E-state index contributed by atoms with van der Waals surface area (Å²) in [6, 6.07) is 0.893. The van der Waals surface area contributed by atoms with Crippen molar-refractivity contribution in [1.82, 2.24) is 15.2 Å². The van der Waals surface area contributed by atoms with Gasteiger partial charge >= 0.3 is 6.18 Å². The Labute approximate surface area is 160 Å². The molecule has 3 rings (SSSR count). The SMILES string of the molecule is COc1nc(OC2CC(C(F)(F)F)C2)c(F)cc1CN(C)C(=O)C1CCCN1. The molecule has 156 valence electrons. The van der Waals surface area contributed by atoms with Gasteiger partial charge in [-0.2, -0.15) is 18.2 Å². The fraction of sp³-hybridized carbons (Fsp3) is 0.667. The van der Waals surface area contributed by atoms with Crippen LogP contribution in [0, 0.1) is 11.7 Å². The van der Waals surface area contributed by atoms with E-state index in [0.717, 1.165) is 25.5 Å². The molecule has 28 heavy (non-hydrogen) atoms. The first-order valence-corrected chi connectivity index (χ1v) is 9.14. The van der Waals surface area contributed by atoms with Crippen LogP contribution in [-0.2, 0) is 11.3 Å². The second-order valence-corrected chi connectivity index (χ2v) is 7.24. The zero-order chi connectivity index (χ0) is 20.5. The summed E-state index contributed by atoms with van der Waals surface area (Å²) >= 11 is 0. The van der Waals surface area contributed by atoms with Gasteiger partial charge in [0, 0.05) is 12.6 Å². The molecule has 0 radical (unpaired) electrons. The third-order valence-electron chi connectivity index (χ3n) is 5.15. The molecule has 1 aliphatic carbocycles. The summed E-state index contributed by atoms with van der Waals surface area (Å²) in [5.41, 5.74) is 0.350. The van der Waals surface area contributed by atoms with Crippen LogP contribution in [0.5, 0.6) is 11.8 Å². The molecule has 1 unspecified atom stereocenters. The van der Waals surface area contributed by atoms with Gasteiger partial charge in [-0.1, -0.05) is 0 Å². The van der Waals surface area contributed by atoms with Crippen LogP contribution in [0.3, 0.4) is 0 Å². The van der Waals surface area contributed by atoms with Gasteiger partial charge in [-0.15, -0.1) is 0 Å². The number of hydrogen-bond donors (Lipinski definition) is 1. The van der Waals surface area contributed by atoms with E-state index < -0.39 is 29.9 Å². The van der Waals surface area contributed by atoms with Gasteiger partial charge in [0.05, 0.1) is 25.6 Å². The number of halogens is 4. The fourth-order valence-electron chi connectivity index (χ4n) is 3.45. The smallest absolute Gasteiger partial charge is 0.392 e. The van der Waals surface area contributed by atoms with E-state index in [1.165, 1.54) is 12.0 Å². The van der Waals surface area contributed by atoms with Crippen molar-refractivity contribution < 1.29 is 31.8 Å². The summed E-state index contributed by atoms with van der Waals surface area (Å²) in [7, 11) is 2.95. The van der Waals surface area contributed by atoms with E-state index >= 15 is 0 Å². The molecule has 6 nitrogen and oxygen atoms in total. The highest BCUT2D eigenvalue weighted by Gasteiger charge is 2.49. The predicted molar refractivity (Wildman–Crippen MR) is 91.4 cm³/mol. The maximum Gasteiger partial charge on any atom is 0.392 e. The van der Waals surface area contributed by atoms with Gasteiger partial charge in [-0.25, -0.2) is 4.39 Å². The Morgan fingerprint density at radius 1 is 1.36 bits per heavy atom. The van der Waals surface area contributed by atoms with Crippen LogP contribution < -0.4 is 14.8 Å². The molecule has 1 saturated carbocycles. The number of methoxy groups -OCH3 is 1. The highest BCUT2D eigenvalue weighted by molar-refractivity contribution is 5.82. The molecule has 2 aliphatic rings. The van der Waals surface area contributed by atoms with E-state index in [2.05, 4.69) is 10.3 Å². The lowest BCUT2D eigenvalue weighted by Gasteiger charge is -2.36. The van der Waals surface area contributed by atoms with E-state index in [-0.39, 0.29) is 37.2 Å². The lowest BCUT2D eigenvalue weighted by atomic mass is 9.82. The molecule has 10 heteroatoms. The van der Waals surface area contributed by atoms with E-state index in [9.17, 15) is 22.4 Å². The topological polar surface area (TPSA) is 63.7 Å². The zero-order valence-electron chi connectivity index (χ0n) is 15.7. The minimum absolute atomic E-state index is 0.0714. The van der Waals surface area contributed by atoms with Crippen LogP contribution in [0.1, 0.15) is 31.2 Å². The Morgan fingerprint density at radius 2 is 2.07 bits per heavy atom. The van der Waals surface area contributed by atoms with Gasteiger partial charge < -0.3 is 19.7 Å². The van der Waals surface area contributed by atoms with Crippen molar-refractivity contribution in [3.8, 4) is 11.8 Å². The van der Waals surface area contributed by atoms with Crippen molar-refractivity contribution >= 4 is 5.91 Å². The van der Waals surface area contributed by atoms with Gasteiger partial charge in [0.15, 0.2) is 5.82 Å². The van der Waals surface area contributed by atoms with Gasteiger partial charge in [0.25, 0.3) is 5.88 Å². The van der Waals surface area contributed by atoms with Crippen molar-refractivity contribution in [2.24, 2.45) is 5.92 Å². The zero-order valence-corrected chi connectivity index (χ0v) is 15.7. The van der Waals surface area contributed by atoms with E-state index in [0.29, 0.717) is 5.56 Å². The van der Waals surface area contributed by atoms with Gasteiger partial charge in [0.2, 0.25) is 11.8 Å². The van der Waals surface area contributed by atoms with Crippen LogP contribution in [0.15, 0.2) is 6.07 Å². The number of rotatable bonds is 6. The summed E-state index contributed by atoms with van der Waals surface area (Å²) in [5.74, 6) is -2.65. The second kappa shape index (κ2) is 8.10. The molecule has 0 spiro atoms. The fourth-order valence-corrected chi connectivity index (χ4v) is 3.45. The number of amides is 1. The summed E-state index contributed by atoms with van der Waals surface area (Å²) in [4.78, 5) is 17.8. The van der Waals surface area contributed by atoms with Crippen LogP contribution in [0.4, 0.5) is 17.6 Å². The Hall–Kier alpha value is -2.10. The minimum Gasteiger partial charge on any atom is -0.481 e. The monoisotopic (exact) mass is 405 g/mol. The standard InChI is InChI=1S/C18H23F4N3O3/c1-25(17(26)14-4-3-5-23-14)9-10-6-13(19)16(24-15(10)27-2)28-12-7-11(8-12)18(20,21)22/h6,11-12,14,23H,3-5,7-9H2,1-2H3. The molecule has 1 amide bonds. The Morgan fingerprint density at radius 3 is 2.64 bits per heavy atom. The summed E-state index contributed by atoms with van der Waals surface area (Å²) in [6.45, 7) is 0.871. The number of hydrogen-bond acceptors (Lipinski definition) is 5. The molecule has 0 bridgehead atoms. The molecule has 1 aromatic heterocycles. The third-order valence-corrected chi connectivity index (χ3v) is 5.15. The Kier molecular flexibility index (Phi) is 5.97. The molecule has 1 saturated heterocycles. The first-order valence-electron chi connectivity index (χ1n) is 9.14. The van der Waals surface area contributed by atoms with Crippen molar-refractivity contribution in [2.75, 3.05) is 20.7 Å². The molecule has 1 aliphatic heterocycles. The van der Waals surface area contributed by atoms with Crippen molar-refractivity contribution in [3.63, 3.8) is 0 Å². The Bertz CT molecular complexity index is 717. The van der Waals surface area contributed by atoms with Crippen LogP contribution in [0.2, 0.25) is 0 Å². The summed E-state index contributed by atoms with van der Waals surface area (Å²) in [5, 5.41) is 3.11. The number of pyridine rings is 1. The average molecular weight is 405 g/mol. The summed E-state index contributed by atoms with van der Waals surface area (Å²) < 4.78 is 62.5. The number of nitrogens with one attached hydrogen (secondary N) is 1. The van der Waals surface area contributed by atoms with Crippen LogP contribution in [-0.4, -0.2) is 54.8 Å². The van der Waals surface area contributed by atoms with Crippen molar-refractivity contribution in [3.05, 3.63) is 17.4 Å². The third kappa shape index (κ3) is 4.48. The lowest BCUT2D eigenvalue weighted by Crippen LogP contribution is -2.42. The maximum atomic E-state index is 14.4. The molecule has 1 N–H and O–H groups in total. The van der Waals surface area contributed by atoms with Crippen molar-refractivity contribution in [2.45, 2.75) is 50.6 Å². The quantitative estimate of drug-likeness (QED) is 0.738. The van der Waals surface area contributed by atoms with Gasteiger partial charge in [0.1, 0.15) is 6.10 Å². The largest absolute Gasteiger partial charge is 0.481 e. The number of carbonyl (C=O) groups excluding carboxylic acids is 1. The molecular formula is C18H23F4N3O3. The average Bonchev–Trinajstić information content (AvgIpc) is 3.11. The molecule has 1 atom stereocenters. The van der Waals surface area contributed by atoms with E-state index in [1.807, 2.05) is 0 Å². The molecule has 1 aromatic rings. The first-order chi connectivity index (χ1) is 13.2. The summed E-state index contributed by atoms with van der Waals surface area (Å²) in [6.07, 6.45) is -3.77. The van der Waals surface area contributed by atoms with Crippen molar-refractivity contribution in [1.29, 1.82) is 0 Å². The number of carbonyl (C=O) groups is 1. The normalized spacial score (nSPS) is 24.6. The highest BCUT2D eigenvalue weighted by atomic mass is 19.4. The molecule has 0 aromatic carbocycles. The minimum atomic E-state index is -4.27. The number of ether oxygens (including phenoxy) is 2. The number of nitrogens with zero attached hydrogens (tertiary/aromatic N) is 2. The second-order valence-electron chi connectivity index (χ2n) is 7.24. The predicted octanol–water partition coefficient (Wildman–Crippen LogP) is 2.66. The van der Waals surface area contributed by atoms with Crippen LogP contribution >= 0.6 is 0 Å². The first kappa shape index (κ1) is 20.6.